The van der Waals surface area contributed by atoms with Crippen molar-refractivity contribution in [3.8, 4) is 28.7 Å². The molecule has 0 radical (unpaired) electrons. The summed E-state index contributed by atoms with van der Waals surface area (Å²) in [4.78, 5) is 0. The lowest BCUT2D eigenvalue weighted by molar-refractivity contribution is -0.215. The van der Waals surface area contributed by atoms with Crippen LogP contribution in [0.3, 0.4) is 0 Å². The van der Waals surface area contributed by atoms with Crippen molar-refractivity contribution in [2.24, 2.45) is 5.92 Å². The molecule has 3 atom stereocenters. The molecular formula is C32H36O7. The Balaban J connectivity index is 1.59. The molecule has 0 aliphatic carbocycles. The van der Waals surface area contributed by atoms with Crippen LogP contribution in [0, 0.1) is 5.92 Å². The molecule has 4 rings (SSSR count). The van der Waals surface area contributed by atoms with Gasteiger partial charge < -0.3 is 33.2 Å². The van der Waals surface area contributed by atoms with E-state index in [-0.39, 0.29) is 12.0 Å². The Morgan fingerprint density at radius 3 is 2.08 bits per heavy atom. The molecule has 3 aromatic carbocycles. The summed E-state index contributed by atoms with van der Waals surface area (Å²) in [6, 6.07) is 19.4. The minimum absolute atomic E-state index is 0.0518. The number of hydrogen-bond acceptors (Lipinski definition) is 7. The molecule has 0 amide bonds. The minimum Gasteiger partial charge on any atom is -0.496 e. The smallest absolute Gasteiger partial charge is 0.177 e. The third-order valence-electron chi connectivity index (χ3n) is 6.68. The molecule has 3 aromatic rings. The summed E-state index contributed by atoms with van der Waals surface area (Å²) in [7, 11) is 8.22. The molecule has 7 heteroatoms. The number of ether oxygens (including phenoxy) is 7. The average molecular weight is 533 g/mol. The highest BCUT2D eigenvalue weighted by atomic mass is 16.7. The van der Waals surface area contributed by atoms with Gasteiger partial charge in [-0.3, -0.25) is 0 Å². The van der Waals surface area contributed by atoms with Crippen molar-refractivity contribution in [3.63, 3.8) is 0 Å². The molecule has 0 spiro atoms. The lowest BCUT2D eigenvalue weighted by Gasteiger charge is -2.35. The van der Waals surface area contributed by atoms with Crippen molar-refractivity contribution in [2.45, 2.75) is 18.8 Å². The molecule has 1 aliphatic heterocycles. The Labute approximate surface area is 230 Å². The summed E-state index contributed by atoms with van der Waals surface area (Å²) in [5.41, 5.74) is 2.83. The second-order valence-corrected chi connectivity index (χ2v) is 8.95. The van der Waals surface area contributed by atoms with Crippen LogP contribution in [0.25, 0.3) is 12.2 Å². The zero-order chi connectivity index (χ0) is 27.6. The van der Waals surface area contributed by atoms with Crippen molar-refractivity contribution >= 4 is 12.2 Å². The van der Waals surface area contributed by atoms with Gasteiger partial charge in [-0.25, -0.2) is 0 Å². The number of allylic oxidation sites excluding steroid dienone is 1. The van der Waals surface area contributed by atoms with E-state index in [4.69, 9.17) is 33.2 Å². The maximum atomic E-state index is 6.52. The fourth-order valence-corrected chi connectivity index (χ4v) is 4.66. The normalized spacial score (nSPS) is 19.3. The average Bonchev–Trinajstić information content (AvgIpc) is 3.00. The van der Waals surface area contributed by atoms with Crippen LogP contribution in [0.5, 0.6) is 28.7 Å². The number of benzene rings is 3. The quantitative estimate of drug-likeness (QED) is 0.276. The fraction of sp³-hybridized carbons (Fsp3) is 0.312. The van der Waals surface area contributed by atoms with E-state index in [0.717, 1.165) is 33.9 Å². The Morgan fingerprint density at radius 2 is 1.38 bits per heavy atom. The minimum atomic E-state index is -0.525. The largest absolute Gasteiger partial charge is 0.496 e. The summed E-state index contributed by atoms with van der Waals surface area (Å²) in [5, 5.41) is 0. The molecule has 0 aromatic heterocycles. The van der Waals surface area contributed by atoms with Crippen molar-refractivity contribution in [2.75, 3.05) is 42.2 Å². The predicted molar refractivity (Wildman–Crippen MR) is 152 cm³/mol. The highest BCUT2D eigenvalue weighted by molar-refractivity contribution is 5.64. The standard InChI is InChI=1S/C32H36O7/c1-33-26-13-7-6-10-22(26)17-19-31-38-21-24(11-8-12-25-27(34-2)14-9-15-28(25)35-3)32(39-31)23-16-18-29(36-4)30(20-23)37-5/h6-10,12-20,24,31-32H,11,21H2,1-5H3/b12-8-,19-17+/t24-,31-,32+/m1/s1. The van der Waals surface area contributed by atoms with Gasteiger partial charge >= 0.3 is 0 Å². The SMILES string of the molecule is COc1ccccc1/C=C/[C@@H]1OC[C@@H](C/C=C\c2c(OC)cccc2OC)[C@H](c2ccc(OC)c(OC)c2)O1. The zero-order valence-corrected chi connectivity index (χ0v) is 23.1. The summed E-state index contributed by atoms with van der Waals surface area (Å²) >= 11 is 0. The summed E-state index contributed by atoms with van der Waals surface area (Å²) in [5.74, 6) is 3.66. The second kappa shape index (κ2) is 13.7. The van der Waals surface area contributed by atoms with Crippen molar-refractivity contribution in [1.29, 1.82) is 0 Å². The molecule has 206 valence electrons. The van der Waals surface area contributed by atoms with E-state index in [9.17, 15) is 0 Å². The van der Waals surface area contributed by atoms with Gasteiger partial charge in [0.25, 0.3) is 0 Å². The third kappa shape index (κ3) is 6.74. The molecule has 7 nitrogen and oxygen atoms in total. The molecular weight excluding hydrogens is 496 g/mol. The van der Waals surface area contributed by atoms with Gasteiger partial charge in [0, 0.05) is 11.5 Å². The number of para-hydroxylation sites is 1. The van der Waals surface area contributed by atoms with E-state index >= 15 is 0 Å². The van der Waals surface area contributed by atoms with E-state index in [1.54, 1.807) is 35.5 Å². The zero-order valence-electron chi connectivity index (χ0n) is 23.1. The fourth-order valence-electron chi connectivity index (χ4n) is 4.66. The van der Waals surface area contributed by atoms with Gasteiger partial charge in [0.2, 0.25) is 0 Å². The van der Waals surface area contributed by atoms with Gasteiger partial charge in [-0.1, -0.05) is 48.6 Å². The Kier molecular flexibility index (Phi) is 9.89. The van der Waals surface area contributed by atoms with Gasteiger partial charge in [-0.05, 0) is 48.4 Å². The lowest BCUT2D eigenvalue weighted by Crippen LogP contribution is -2.33. The van der Waals surface area contributed by atoms with Crippen LogP contribution >= 0.6 is 0 Å². The molecule has 0 saturated carbocycles. The molecule has 1 fully saturated rings. The topological polar surface area (TPSA) is 64.6 Å². The van der Waals surface area contributed by atoms with E-state index in [1.807, 2.05) is 78.9 Å². The number of hydrogen-bond donors (Lipinski definition) is 0. The van der Waals surface area contributed by atoms with E-state index in [2.05, 4.69) is 6.08 Å². The predicted octanol–water partition coefficient (Wildman–Crippen LogP) is 6.58. The molecule has 1 saturated heterocycles. The van der Waals surface area contributed by atoms with Crippen LogP contribution in [0.2, 0.25) is 0 Å². The van der Waals surface area contributed by atoms with Gasteiger partial charge in [0.05, 0.1) is 53.8 Å². The first-order valence-electron chi connectivity index (χ1n) is 12.8. The van der Waals surface area contributed by atoms with Crippen LogP contribution < -0.4 is 23.7 Å². The first-order chi connectivity index (χ1) is 19.1. The van der Waals surface area contributed by atoms with Crippen molar-refractivity contribution in [3.05, 3.63) is 89.5 Å². The van der Waals surface area contributed by atoms with Crippen LogP contribution in [-0.2, 0) is 9.47 Å². The molecule has 0 N–H and O–H groups in total. The maximum Gasteiger partial charge on any atom is 0.177 e. The lowest BCUT2D eigenvalue weighted by atomic mass is 9.91. The molecule has 0 unspecified atom stereocenters. The first-order valence-corrected chi connectivity index (χ1v) is 12.8. The maximum absolute atomic E-state index is 6.52. The summed E-state index contributed by atoms with van der Waals surface area (Å²) in [6.07, 6.45) is 7.95. The van der Waals surface area contributed by atoms with Crippen LogP contribution in [0.1, 0.15) is 29.2 Å². The van der Waals surface area contributed by atoms with Gasteiger partial charge in [0.15, 0.2) is 17.8 Å². The van der Waals surface area contributed by atoms with Crippen molar-refractivity contribution < 1.29 is 33.2 Å². The monoisotopic (exact) mass is 532 g/mol. The third-order valence-corrected chi connectivity index (χ3v) is 6.68. The van der Waals surface area contributed by atoms with Gasteiger partial charge in [-0.15, -0.1) is 0 Å². The van der Waals surface area contributed by atoms with Crippen LogP contribution in [0.15, 0.2) is 72.8 Å². The van der Waals surface area contributed by atoms with Gasteiger partial charge in [0.1, 0.15) is 17.2 Å². The van der Waals surface area contributed by atoms with Crippen molar-refractivity contribution in [1.82, 2.24) is 0 Å². The van der Waals surface area contributed by atoms with E-state index in [1.165, 1.54) is 0 Å². The molecule has 1 aliphatic rings. The Morgan fingerprint density at radius 1 is 0.718 bits per heavy atom. The second-order valence-electron chi connectivity index (χ2n) is 8.95. The van der Waals surface area contributed by atoms with E-state index < -0.39 is 6.29 Å². The summed E-state index contributed by atoms with van der Waals surface area (Å²) < 4.78 is 40.2. The highest BCUT2D eigenvalue weighted by Gasteiger charge is 2.32. The Hall–Kier alpha value is -3.94. The number of rotatable bonds is 11. The highest BCUT2D eigenvalue weighted by Crippen LogP contribution is 2.39. The van der Waals surface area contributed by atoms with Crippen LogP contribution in [-0.4, -0.2) is 48.4 Å². The Bertz CT molecular complexity index is 1260. The van der Waals surface area contributed by atoms with Gasteiger partial charge in [-0.2, -0.15) is 0 Å². The molecule has 1 heterocycles. The number of methoxy groups -OCH3 is 5. The summed E-state index contributed by atoms with van der Waals surface area (Å²) in [6.45, 7) is 0.507. The molecule has 0 bridgehead atoms. The molecule has 39 heavy (non-hydrogen) atoms. The van der Waals surface area contributed by atoms with E-state index in [0.29, 0.717) is 24.5 Å². The first kappa shape index (κ1) is 28.1. The van der Waals surface area contributed by atoms with Crippen LogP contribution in [0.4, 0.5) is 0 Å².